The molecule has 0 fully saturated rings. The van der Waals surface area contributed by atoms with Gasteiger partial charge >= 0.3 is 0 Å². The van der Waals surface area contributed by atoms with Gasteiger partial charge in [-0.2, -0.15) is 17.2 Å². The van der Waals surface area contributed by atoms with Gasteiger partial charge in [0.05, 0.1) is 10.8 Å². The van der Waals surface area contributed by atoms with E-state index < -0.39 is 0 Å². The summed E-state index contributed by atoms with van der Waals surface area (Å²) in [5.74, 6) is 0.911. The monoisotopic (exact) mass is 688 g/mol. The highest BCUT2D eigenvalue weighted by Gasteiger charge is 2.45. The molecule has 0 saturated heterocycles. The van der Waals surface area contributed by atoms with E-state index in [-0.39, 0.29) is 10.8 Å². The Labute approximate surface area is 307 Å². The van der Waals surface area contributed by atoms with E-state index in [2.05, 4.69) is 173 Å². The van der Waals surface area contributed by atoms with Gasteiger partial charge in [-0.1, -0.05) is 98.8 Å². The lowest BCUT2D eigenvalue weighted by Gasteiger charge is -2.29. The molecule has 0 radical (unpaired) electrons. The Morgan fingerprint density at radius 1 is 0.800 bits per heavy atom. The van der Waals surface area contributed by atoms with Crippen LogP contribution in [0.3, 0.4) is 0 Å². The number of thiol groups is 1. The first-order valence-corrected chi connectivity index (χ1v) is 18.8. The molecule has 0 saturated carbocycles. The number of allylic oxidation sites excluding steroid dienone is 8. The molecule has 0 unspecified atom stereocenters. The van der Waals surface area contributed by atoms with Gasteiger partial charge in [-0.05, 0) is 88.4 Å². The summed E-state index contributed by atoms with van der Waals surface area (Å²) in [7, 11) is 1.50. The van der Waals surface area contributed by atoms with Crippen molar-refractivity contribution < 1.29 is 9.37 Å². The van der Waals surface area contributed by atoms with Crippen LogP contribution in [0.25, 0.3) is 16.5 Å². The number of nitrogens with two attached hydrogens (primary N) is 1. The SMILES string of the molecule is CC1=C(c2ccccc2C)N(CCCCC=O)/C(=C/C=C/C=C/C=C/C2=[N+](CCCCS)c3c(ccc4ccccc34)C2(C)C)C1(C)C.CN. The second-order valence-corrected chi connectivity index (χ2v) is 14.6. The average Bonchev–Trinajstić information content (AvgIpc) is 3.45. The number of benzene rings is 3. The zero-order valence-electron chi connectivity index (χ0n) is 31.4. The minimum Gasteiger partial charge on any atom is -0.344 e. The summed E-state index contributed by atoms with van der Waals surface area (Å²) >= 11 is 4.48. The maximum Gasteiger partial charge on any atom is 0.217 e. The molecule has 3 aromatic carbocycles. The highest BCUT2D eigenvalue weighted by atomic mass is 32.1. The van der Waals surface area contributed by atoms with Crippen molar-refractivity contribution in [2.24, 2.45) is 11.1 Å². The van der Waals surface area contributed by atoms with Crippen LogP contribution in [0.2, 0.25) is 0 Å². The zero-order chi connectivity index (χ0) is 36.3. The number of carbonyl (C=O) groups is 1. The summed E-state index contributed by atoms with van der Waals surface area (Å²) < 4.78 is 2.55. The van der Waals surface area contributed by atoms with Gasteiger partial charge < -0.3 is 15.4 Å². The highest BCUT2D eigenvalue weighted by Crippen LogP contribution is 2.50. The van der Waals surface area contributed by atoms with Crippen molar-refractivity contribution in [3.8, 4) is 0 Å². The molecule has 0 aromatic heterocycles. The summed E-state index contributed by atoms with van der Waals surface area (Å²) in [5, 5.41) is 2.61. The first kappa shape index (κ1) is 38.9. The molecular weight excluding hydrogens is 631 g/mol. The second kappa shape index (κ2) is 17.8. The molecule has 3 aromatic rings. The van der Waals surface area contributed by atoms with Crippen LogP contribution in [0, 0.1) is 12.3 Å². The molecule has 0 amide bonds. The van der Waals surface area contributed by atoms with Crippen LogP contribution in [-0.4, -0.2) is 47.4 Å². The molecule has 5 rings (SSSR count). The molecule has 5 heteroatoms. The van der Waals surface area contributed by atoms with Crippen molar-refractivity contribution >= 4 is 46.8 Å². The van der Waals surface area contributed by atoms with E-state index in [9.17, 15) is 4.79 Å². The van der Waals surface area contributed by atoms with E-state index in [4.69, 9.17) is 0 Å². The second-order valence-electron chi connectivity index (χ2n) is 14.2. The van der Waals surface area contributed by atoms with Crippen molar-refractivity contribution in [2.75, 3.05) is 25.9 Å². The normalized spacial score (nSPS) is 17.5. The van der Waals surface area contributed by atoms with Crippen LogP contribution in [0.4, 0.5) is 5.69 Å². The lowest BCUT2D eigenvalue weighted by Crippen LogP contribution is -2.27. The smallest absolute Gasteiger partial charge is 0.217 e. The Balaban J connectivity index is 0.00000276. The Kier molecular flexibility index (Phi) is 13.9. The minimum atomic E-state index is -0.101. The quantitative estimate of drug-likeness (QED) is 0.0583. The van der Waals surface area contributed by atoms with Gasteiger partial charge in [-0.25, -0.2) is 0 Å². The van der Waals surface area contributed by atoms with E-state index in [0.717, 1.165) is 50.8 Å². The maximum absolute atomic E-state index is 11.0. The lowest BCUT2D eigenvalue weighted by atomic mass is 9.80. The van der Waals surface area contributed by atoms with Gasteiger partial charge in [0.15, 0.2) is 5.71 Å². The summed E-state index contributed by atoms with van der Waals surface area (Å²) in [4.78, 5) is 13.5. The van der Waals surface area contributed by atoms with Crippen molar-refractivity contribution in [1.82, 2.24) is 4.90 Å². The number of nitrogens with zero attached hydrogens (tertiary/aromatic N) is 2. The van der Waals surface area contributed by atoms with Crippen molar-refractivity contribution in [1.29, 1.82) is 0 Å². The number of hydrogen-bond acceptors (Lipinski definition) is 4. The minimum absolute atomic E-state index is 0.0894. The number of carbonyl (C=O) groups excluding carboxylic acids is 1. The number of aryl methyl sites for hydroxylation is 1. The molecule has 2 N–H and O–H groups in total. The Hall–Kier alpha value is -3.93. The van der Waals surface area contributed by atoms with Crippen LogP contribution in [0.5, 0.6) is 0 Å². The van der Waals surface area contributed by atoms with E-state index in [1.165, 1.54) is 62.9 Å². The standard InChI is InChI=1S/C44H52N2OS.CH5N/c1-33-21-13-15-23-36(33)41-34(2)43(3,4)39(45(41)29-17-10-19-31-47)25-11-8-7-9-12-26-40-44(5,6)38-28-27-35-22-14-16-24-37(35)42(38)46(40)30-18-20-32-48;1-2/h7-9,11-16,21-28,31H,10,17-20,29-30,32H2,1-6H3;2H2,1H3/p+1. The summed E-state index contributed by atoms with van der Waals surface area (Å²) in [6.07, 6.45) is 21.1. The molecule has 0 aliphatic carbocycles. The number of hydrogen-bond donors (Lipinski definition) is 2. The van der Waals surface area contributed by atoms with Crippen molar-refractivity contribution in [2.45, 2.75) is 79.1 Å². The van der Waals surface area contributed by atoms with E-state index in [1.807, 2.05) is 0 Å². The maximum atomic E-state index is 11.0. The van der Waals surface area contributed by atoms with Crippen LogP contribution >= 0.6 is 12.6 Å². The number of rotatable bonds is 14. The zero-order valence-corrected chi connectivity index (χ0v) is 32.3. The third-order valence-electron chi connectivity index (χ3n) is 10.4. The van der Waals surface area contributed by atoms with Gasteiger partial charge in [0.2, 0.25) is 5.69 Å². The first-order valence-electron chi connectivity index (χ1n) is 18.2. The van der Waals surface area contributed by atoms with Crippen LogP contribution in [-0.2, 0) is 10.2 Å². The molecule has 0 atom stereocenters. The number of aldehydes is 1. The number of unbranched alkanes of at least 4 members (excludes halogenated alkanes) is 3. The Morgan fingerprint density at radius 3 is 2.24 bits per heavy atom. The van der Waals surface area contributed by atoms with Crippen LogP contribution < -0.4 is 5.73 Å². The fraction of sp³-hybridized carbons (Fsp3) is 0.378. The Bertz CT molecular complexity index is 1840. The third-order valence-corrected chi connectivity index (χ3v) is 10.7. The molecule has 0 spiro atoms. The van der Waals surface area contributed by atoms with E-state index >= 15 is 0 Å². The molecule has 264 valence electrons. The van der Waals surface area contributed by atoms with Crippen molar-refractivity contribution in [3.05, 3.63) is 131 Å². The fourth-order valence-corrected chi connectivity index (χ4v) is 7.63. The average molecular weight is 689 g/mol. The predicted octanol–water partition coefficient (Wildman–Crippen LogP) is 10.5. The summed E-state index contributed by atoms with van der Waals surface area (Å²) in [6.45, 7) is 15.7. The molecule has 2 aliphatic rings. The molecule has 50 heavy (non-hydrogen) atoms. The largest absolute Gasteiger partial charge is 0.344 e. The van der Waals surface area contributed by atoms with Gasteiger partial charge in [0.25, 0.3) is 0 Å². The van der Waals surface area contributed by atoms with Crippen LogP contribution in [0.15, 0.2) is 114 Å². The molecular formula is C45H58N3OS+. The van der Waals surface area contributed by atoms with Gasteiger partial charge in [0.1, 0.15) is 12.8 Å². The predicted molar refractivity (Wildman–Crippen MR) is 220 cm³/mol. The Morgan fingerprint density at radius 2 is 1.50 bits per heavy atom. The molecule has 2 heterocycles. The topological polar surface area (TPSA) is 49.3 Å². The van der Waals surface area contributed by atoms with Crippen molar-refractivity contribution in [3.63, 3.8) is 0 Å². The molecule has 0 bridgehead atoms. The summed E-state index contributed by atoms with van der Waals surface area (Å²) in [6, 6.07) is 22.0. The molecule has 2 aliphatic heterocycles. The number of fused-ring (bicyclic) bond motifs is 3. The van der Waals surface area contributed by atoms with E-state index in [0.29, 0.717) is 6.42 Å². The highest BCUT2D eigenvalue weighted by molar-refractivity contribution is 7.80. The first-order chi connectivity index (χ1) is 24.1. The summed E-state index contributed by atoms with van der Waals surface area (Å²) in [5.41, 5.74) is 15.0. The lowest BCUT2D eigenvalue weighted by molar-refractivity contribution is -0.436. The fourth-order valence-electron chi connectivity index (χ4n) is 7.41. The van der Waals surface area contributed by atoms with Crippen LogP contribution in [0.1, 0.15) is 83.4 Å². The van der Waals surface area contributed by atoms with Gasteiger partial charge in [0, 0.05) is 53.4 Å². The van der Waals surface area contributed by atoms with Gasteiger partial charge in [-0.3, -0.25) is 0 Å². The van der Waals surface area contributed by atoms with Gasteiger partial charge in [-0.15, -0.1) is 0 Å². The molecule has 4 nitrogen and oxygen atoms in total. The third kappa shape index (κ3) is 8.16. The van der Waals surface area contributed by atoms with E-state index in [1.54, 1.807) is 0 Å².